The van der Waals surface area contributed by atoms with Gasteiger partial charge in [-0.3, -0.25) is 14.7 Å². The zero-order valence-electron chi connectivity index (χ0n) is 20.4. The minimum atomic E-state index is -0.0892. The highest BCUT2D eigenvalue weighted by Crippen LogP contribution is 2.33. The van der Waals surface area contributed by atoms with Crippen molar-refractivity contribution in [1.29, 1.82) is 0 Å². The molecule has 3 aromatic heterocycles. The van der Waals surface area contributed by atoms with Gasteiger partial charge in [0.05, 0.1) is 12.5 Å². The van der Waals surface area contributed by atoms with Crippen molar-refractivity contribution >= 4 is 28.4 Å². The van der Waals surface area contributed by atoms with Crippen LogP contribution in [-0.2, 0) is 17.9 Å². The molecule has 1 amide bonds. The molecule has 4 heterocycles. The number of pyridine rings is 1. The minimum absolute atomic E-state index is 0.0727. The smallest absolute Gasteiger partial charge is 0.260 e. The van der Waals surface area contributed by atoms with Crippen LogP contribution in [0.15, 0.2) is 55.2 Å². The lowest BCUT2D eigenvalue weighted by Crippen LogP contribution is -2.34. The standard InChI is InChI=1S/C26H29N7O3/c1-32-10-3-11-33(14-18-6-8-27-9-7-18)15-19-13-28-25-24(19)26(30-17-29-25)31-20-4-5-21(35-2)22(12-20)36-16-23(32)34/h4-9,12-13,17H,3,10-11,14-16H2,1-2H3,(H2,28,29,30,31). The number of nitrogens with one attached hydrogen (secondary N) is 2. The zero-order chi connectivity index (χ0) is 24.9. The molecular weight excluding hydrogens is 458 g/mol. The van der Waals surface area contributed by atoms with Crippen molar-refractivity contribution < 1.29 is 14.3 Å². The molecule has 2 N–H and O–H groups in total. The number of likely N-dealkylation sites (N-methyl/N-ethyl adjacent to an activating group) is 1. The molecule has 0 saturated carbocycles. The van der Waals surface area contributed by atoms with E-state index in [9.17, 15) is 4.79 Å². The van der Waals surface area contributed by atoms with Crippen molar-refractivity contribution in [3.63, 3.8) is 0 Å². The Hall–Kier alpha value is -4.18. The first-order chi connectivity index (χ1) is 17.6. The Morgan fingerprint density at radius 2 is 2.00 bits per heavy atom. The summed E-state index contributed by atoms with van der Waals surface area (Å²) in [7, 11) is 3.38. The van der Waals surface area contributed by atoms with E-state index in [0.717, 1.165) is 41.8 Å². The minimum Gasteiger partial charge on any atom is -0.493 e. The van der Waals surface area contributed by atoms with E-state index >= 15 is 0 Å². The first-order valence-corrected chi connectivity index (χ1v) is 11.8. The number of amides is 1. The fourth-order valence-electron chi connectivity index (χ4n) is 4.36. The third-order valence-electron chi connectivity index (χ3n) is 6.27. The van der Waals surface area contributed by atoms with Crippen LogP contribution < -0.4 is 14.8 Å². The highest BCUT2D eigenvalue weighted by atomic mass is 16.5. The quantitative estimate of drug-likeness (QED) is 0.453. The second-order valence-corrected chi connectivity index (χ2v) is 8.77. The fraction of sp³-hybridized carbons (Fsp3) is 0.308. The third kappa shape index (κ3) is 5.23. The maximum absolute atomic E-state index is 12.7. The number of fused-ring (bicyclic) bond motifs is 2. The number of benzene rings is 1. The average molecular weight is 488 g/mol. The van der Waals surface area contributed by atoms with E-state index in [1.165, 1.54) is 11.9 Å². The Bertz CT molecular complexity index is 1340. The van der Waals surface area contributed by atoms with E-state index in [4.69, 9.17) is 9.47 Å². The van der Waals surface area contributed by atoms with Crippen LogP contribution in [0.5, 0.6) is 11.5 Å². The molecule has 4 aromatic rings. The topological polar surface area (TPSA) is 108 Å². The van der Waals surface area contributed by atoms with Crippen LogP contribution in [0.3, 0.4) is 0 Å². The Morgan fingerprint density at radius 1 is 1.14 bits per heavy atom. The number of hydrogen-bond acceptors (Lipinski definition) is 8. The summed E-state index contributed by atoms with van der Waals surface area (Å²) in [6, 6.07) is 9.56. The summed E-state index contributed by atoms with van der Waals surface area (Å²) >= 11 is 0. The summed E-state index contributed by atoms with van der Waals surface area (Å²) in [5.74, 6) is 1.64. The number of methoxy groups -OCH3 is 1. The van der Waals surface area contributed by atoms with E-state index in [2.05, 4.69) is 30.2 Å². The lowest BCUT2D eigenvalue weighted by Gasteiger charge is -2.25. The van der Waals surface area contributed by atoms with Crippen LogP contribution in [0.4, 0.5) is 11.5 Å². The molecule has 5 rings (SSSR count). The summed E-state index contributed by atoms with van der Waals surface area (Å²) in [6.07, 6.45) is 7.96. The van der Waals surface area contributed by atoms with Gasteiger partial charge in [0, 0.05) is 63.6 Å². The predicted molar refractivity (Wildman–Crippen MR) is 136 cm³/mol. The van der Waals surface area contributed by atoms with Gasteiger partial charge >= 0.3 is 0 Å². The number of hydrogen-bond donors (Lipinski definition) is 2. The lowest BCUT2D eigenvalue weighted by atomic mass is 10.1. The molecule has 1 aliphatic heterocycles. The third-order valence-corrected chi connectivity index (χ3v) is 6.27. The Labute approximate surface area is 209 Å². The molecule has 0 atom stereocenters. The second-order valence-electron chi connectivity index (χ2n) is 8.77. The number of aromatic amines is 1. The van der Waals surface area contributed by atoms with Crippen molar-refractivity contribution in [1.82, 2.24) is 29.7 Å². The van der Waals surface area contributed by atoms with Gasteiger partial charge in [-0.1, -0.05) is 0 Å². The summed E-state index contributed by atoms with van der Waals surface area (Å²) in [4.78, 5) is 33.2. The SMILES string of the molecule is COc1ccc2cc1OCC(=O)N(C)CCCN(Cc1ccncc1)Cc1c[nH]c3ncnc(c13)N2. The van der Waals surface area contributed by atoms with Gasteiger partial charge in [0.25, 0.3) is 5.91 Å². The summed E-state index contributed by atoms with van der Waals surface area (Å²) < 4.78 is 11.3. The maximum Gasteiger partial charge on any atom is 0.260 e. The number of aromatic nitrogens is 4. The molecule has 10 nitrogen and oxygen atoms in total. The first kappa shape index (κ1) is 23.6. The molecule has 36 heavy (non-hydrogen) atoms. The molecule has 1 aromatic carbocycles. The van der Waals surface area contributed by atoms with E-state index in [1.54, 1.807) is 19.1 Å². The van der Waals surface area contributed by atoms with Gasteiger partial charge in [-0.25, -0.2) is 9.97 Å². The molecule has 10 heteroatoms. The number of H-pyrrole nitrogens is 1. The highest BCUT2D eigenvalue weighted by Gasteiger charge is 2.18. The molecule has 0 saturated heterocycles. The zero-order valence-corrected chi connectivity index (χ0v) is 20.4. The van der Waals surface area contributed by atoms with Gasteiger partial charge in [0.2, 0.25) is 0 Å². The monoisotopic (exact) mass is 487 g/mol. The van der Waals surface area contributed by atoms with Crippen LogP contribution >= 0.6 is 0 Å². The van der Waals surface area contributed by atoms with Crippen LogP contribution in [0, 0.1) is 0 Å². The molecule has 0 aliphatic carbocycles. The van der Waals surface area contributed by atoms with Crippen LogP contribution in [0.1, 0.15) is 17.5 Å². The number of nitrogens with zero attached hydrogens (tertiary/aromatic N) is 5. The van der Waals surface area contributed by atoms with Crippen LogP contribution in [0.2, 0.25) is 0 Å². The molecule has 0 fully saturated rings. The number of ether oxygens (including phenoxy) is 2. The molecule has 0 radical (unpaired) electrons. The largest absolute Gasteiger partial charge is 0.493 e. The number of carbonyl (C=O) groups is 1. The van der Waals surface area contributed by atoms with Crippen LogP contribution in [0.25, 0.3) is 11.0 Å². The van der Waals surface area contributed by atoms with Crippen molar-refractivity contribution in [2.75, 3.05) is 39.2 Å². The highest BCUT2D eigenvalue weighted by molar-refractivity contribution is 5.92. The summed E-state index contributed by atoms with van der Waals surface area (Å²) in [5.41, 5.74) is 3.79. The summed E-state index contributed by atoms with van der Waals surface area (Å²) in [6.45, 7) is 2.80. The fourth-order valence-corrected chi connectivity index (χ4v) is 4.36. The molecule has 186 valence electrons. The molecule has 1 aliphatic rings. The average Bonchev–Trinajstić information content (AvgIpc) is 3.31. The lowest BCUT2D eigenvalue weighted by molar-refractivity contribution is -0.132. The van der Waals surface area contributed by atoms with Crippen molar-refractivity contribution in [2.45, 2.75) is 19.5 Å². The second kappa shape index (κ2) is 10.6. The molecule has 0 spiro atoms. The van der Waals surface area contributed by atoms with Crippen LogP contribution in [-0.4, -0.2) is 69.5 Å². The molecular formula is C26H29N7O3. The van der Waals surface area contributed by atoms with E-state index in [1.807, 2.05) is 48.9 Å². The molecule has 2 bridgehead atoms. The first-order valence-electron chi connectivity index (χ1n) is 11.8. The van der Waals surface area contributed by atoms with Gasteiger partial charge in [-0.05, 0) is 41.8 Å². The van der Waals surface area contributed by atoms with E-state index in [0.29, 0.717) is 30.4 Å². The van der Waals surface area contributed by atoms with E-state index in [-0.39, 0.29) is 12.5 Å². The Balaban J connectivity index is 1.53. The normalized spacial score (nSPS) is 15.4. The predicted octanol–water partition coefficient (Wildman–Crippen LogP) is 3.35. The van der Waals surface area contributed by atoms with E-state index < -0.39 is 0 Å². The van der Waals surface area contributed by atoms with Gasteiger partial charge in [-0.15, -0.1) is 0 Å². The Morgan fingerprint density at radius 3 is 2.83 bits per heavy atom. The number of rotatable bonds is 3. The van der Waals surface area contributed by atoms with Gasteiger partial charge < -0.3 is 24.7 Å². The number of anilines is 2. The van der Waals surface area contributed by atoms with Gasteiger partial charge in [0.1, 0.15) is 17.8 Å². The van der Waals surface area contributed by atoms with Crippen molar-refractivity contribution in [3.8, 4) is 11.5 Å². The van der Waals surface area contributed by atoms with Gasteiger partial charge in [0.15, 0.2) is 18.1 Å². The number of carbonyl (C=O) groups excluding carboxylic acids is 1. The van der Waals surface area contributed by atoms with Crippen molar-refractivity contribution in [3.05, 3.63) is 66.4 Å². The summed E-state index contributed by atoms with van der Waals surface area (Å²) in [5, 5.41) is 4.34. The Kier molecular flexibility index (Phi) is 6.94. The maximum atomic E-state index is 12.7. The van der Waals surface area contributed by atoms with Crippen molar-refractivity contribution in [2.24, 2.45) is 0 Å². The van der Waals surface area contributed by atoms with Gasteiger partial charge in [-0.2, -0.15) is 0 Å². The molecule has 0 unspecified atom stereocenters.